The van der Waals surface area contributed by atoms with E-state index in [-0.39, 0.29) is 5.82 Å². The molecule has 1 aromatic heterocycles. The van der Waals surface area contributed by atoms with Gasteiger partial charge in [-0.1, -0.05) is 13.8 Å². The van der Waals surface area contributed by atoms with E-state index in [4.69, 9.17) is 5.73 Å². The summed E-state index contributed by atoms with van der Waals surface area (Å²) in [5.74, 6) is 0.579. The summed E-state index contributed by atoms with van der Waals surface area (Å²) >= 11 is 0. The van der Waals surface area contributed by atoms with E-state index < -0.39 is 16.8 Å². The predicted octanol–water partition coefficient (Wildman–Crippen LogP) is -0.346. The number of aromatic nitrogens is 3. The third-order valence-electron chi connectivity index (χ3n) is 3.05. The van der Waals surface area contributed by atoms with Crippen LogP contribution in [-0.4, -0.2) is 26.4 Å². The van der Waals surface area contributed by atoms with Crippen LogP contribution < -0.4 is 22.3 Å². The molecule has 0 spiro atoms. The molecule has 1 atom stereocenters. The van der Waals surface area contributed by atoms with Gasteiger partial charge >= 0.3 is 5.69 Å². The maximum Gasteiger partial charge on any atom is 0.346 e. The third kappa shape index (κ3) is 3.44. The first-order chi connectivity index (χ1) is 8.70. The van der Waals surface area contributed by atoms with Gasteiger partial charge in [0.15, 0.2) is 0 Å². The number of nitrogens with zero attached hydrogens (tertiary/aromatic N) is 3. The highest BCUT2D eigenvalue weighted by molar-refractivity contribution is 5.34. The largest absolute Gasteiger partial charge is 0.358 e. The van der Waals surface area contributed by atoms with Gasteiger partial charge in [0.25, 0.3) is 5.56 Å². The fourth-order valence-electron chi connectivity index (χ4n) is 2.15. The summed E-state index contributed by atoms with van der Waals surface area (Å²) in [5, 5.41) is 7.06. The lowest BCUT2D eigenvalue weighted by Gasteiger charge is -2.31. The second-order valence-corrected chi connectivity index (χ2v) is 5.61. The second kappa shape index (κ2) is 5.56. The Bertz CT molecular complexity index is 560. The van der Waals surface area contributed by atoms with Gasteiger partial charge in [-0.15, -0.1) is 5.10 Å². The molecular weight excluding hydrogens is 246 g/mol. The Labute approximate surface area is 112 Å². The molecule has 0 aliphatic carbocycles. The minimum Gasteiger partial charge on any atom is -0.358 e. The van der Waals surface area contributed by atoms with E-state index in [2.05, 4.69) is 24.3 Å². The Hall–Kier alpha value is -1.63. The topological polar surface area (TPSA) is 94.9 Å². The zero-order chi connectivity index (χ0) is 14.8. The average molecular weight is 269 g/mol. The second-order valence-electron chi connectivity index (χ2n) is 5.61. The monoisotopic (exact) mass is 269 g/mol. The molecule has 1 unspecified atom stereocenters. The number of aryl methyl sites for hydroxylation is 1. The highest BCUT2D eigenvalue weighted by Gasteiger charge is 2.26. The van der Waals surface area contributed by atoms with Crippen LogP contribution in [0.2, 0.25) is 0 Å². The first-order valence-corrected chi connectivity index (χ1v) is 6.33. The van der Waals surface area contributed by atoms with Crippen molar-refractivity contribution in [2.24, 2.45) is 25.7 Å². The lowest BCUT2D eigenvalue weighted by atomic mass is 9.91. The summed E-state index contributed by atoms with van der Waals surface area (Å²) in [4.78, 5) is 23.6. The Morgan fingerprint density at radius 1 is 1.37 bits per heavy atom. The molecule has 7 nitrogen and oxygen atoms in total. The standard InChI is InChI=1S/C12H23N5O2/c1-8(2)6-12(3,7-13)14-9-10(18)16(4)11(19)17(5)15-9/h8H,6-7,13H2,1-5H3,(H,14,15). The lowest BCUT2D eigenvalue weighted by Crippen LogP contribution is -2.48. The summed E-state index contributed by atoms with van der Waals surface area (Å²) in [6, 6.07) is 0. The van der Waals surface area contributed by atoms with Crippen molar-refractivity contribution in [2.75, 3.05) is 11.9 Å². The zero-order valence-corrected chi connectivity index (χ0v) is 12.2. The molecule has 0 fully saturated rings. The van der Waals surface area contributed by atoms with Crippen molar-refractivity contribution in [1.29, 1.82) is 0 Å². The Morgan fingerprint density at radius 3 is 2.42 bits per heavy atom. The van der Waals surface area contributed by atoms with Gasteiger partial charge < -0.3 is 11.1 Å². The fourth-order valence-corrected chi connectivity index (χ4v) is 2.15. The van der Waals surface area contributed by atoms with Gasteiger partial charge in [-0.3, -0.25) is 9.36 Å². The Balaban J connectivity index is 3.19. The maximum atomic E-state index is 12.0. The molecule has 108 valence electrons. The third-order valence-corrected chi connectivity index (χ3v) is 3.05. The van der Waals surface area contributed by atoms with Crippen molar-refractivity contribution in [1.82, 2.24) is 14.3 Å². The van der Waals surface area contributed by atoms with Crippen molar-refractivity contribution in [3.63, 3.8) is 0 Å². The molecule has 3 N–H and O–H groups in total. The molecule has 7 heteroatoms. The molecule has 0 aliphatic rings. The molecule has 1 heterocycles. The average Bonchev–Trinajstić information content (AvgIpc) is 2.32. The number of anilines is 1. The number of hydrogen-bond donors (Lipinski definition) is 2. The van der Waals surface area contributed by atoms with E-state index in [1.165, 1.54) is 14.1 Å². The molecule has 1 aromatic rings. The van der Waals surface area contributed by atoms with Crippen LogP contribution in [0.3, 0.4) is 0 Å². The molecule has 0 saturated heterocycles. The minimum absolute atomic E-state index is 0.151. The van der Waals surface area contributed by atoms with Crippen LogP contribution in [-0.2, 0) is 14.1 Å². The van der Waals surface area contributed by atoms with Gasteiger partial charge in [0.05, 0.1) is 0 Å². The van der Waals surface area contributed by atoms with Crippen LogP contribution in [0.5, 0.6) is 0 Å². The van der Waals surface area contributed by atoms with E-state index in [0.717, 1.165) is 15.7 Å². The lowest BCUT2D eigenvalue weighted by molar-refractivity contribution is 0.403. The molecule has 0 aromatic carbocycles. The Morgan fingerprint density at radius 2 is 1.95 bits per heavy atom. The van der Waals surface area contributed by atoms with Gasteiger partial charge in [-0.25, -0.2) is 9.48 Å². The van der Waals surface area contributed by atoms with Gasteiger partial charge in [-0.05, 0) is 19.3 Å². The molecule has 0 bridgehead atoms. The van der Waals surface area contributed by atoms with Gasteiger partial charge in [0, 0.05) is 26.2 Å². The summed E-state index contributed by atoms with van der Waals surface area (Å²) in [6.45, 7) is 6.49. The highest BCUT2D eigenvalue weighted by Crippen LogP contribution is 2.18. The Kier molecular flexibility index (Phi) is 4.52. The van der Waals surface area contributed by atoms with Gasteiger partial charge in [0.1, 0.15) is 0 Å². The van der Waals surface area contributed by atoms with E-state index in [1.807, 2.05) is 6.92 Å². The van der Waals surface area contributed by atoms with E-state index in [0.29, 0.717) is 12.5 Å². The fraction of sp³-hybridized carbons (Fsp3) is 0.750. The van der Waals surface area contributed by atoms with Crippen LogP contribution in [0.4, 0.5) is 5.82 Å². The van der Waals surface area contributed by atoms with E-state index in [9.17, 15) is 9.59 Å². The molecule has 0 aliphatic heterocycles. The summed E-state index contributed by atoms with van der Waals surface area (Å²) in [7, 11) is 2.94. The van der Waals surface area contributed by atoms with E-state index in [1.54, 1.807) is 0 Å². The molecular formula is C12H23N5O2. The van der Waals surface area contributed by atoms with Crippen molar-refractivity contribution in [3.8, 4) is 0 Å². The minimum atomic E-state index is -0.450. The molecule has 1 rings (SSSR count). The summed E-state index contributed by atoms with van der Waals surface area (Å²) in [6.07, 6.45) is 0.803. The molecule has 0 saturated carbocycles. The van der Waals surface area contributed by atoms with Gasteiger partial charge in [-0.2, -0.15) is 0 Å². The van der Waals surface area contributed by atoms with Crippen molar-refractivity contribution in [2.45, 2.75) is 32.7 Å². The van der Waals surface area contributed by atoms with Crippen molar-refractivity contribution < 1.29 is 0 Å². The van der Waals surface area contributed by atoms with Crippen LogP contribution in [0, 0.1) is 5.92 Å². The quantitative estimate of drug-likeness (QED) is 0.762. The molecule has 19 heavy (non-hydrogen) atoms. The highest BCUT2D eigenvalue weighted by atomic mass is 16.2. The number of hydrogen-bond acceptors (Lipinski definition) is 5. The summed E-state index contributed by atoms with van der Waals surface area (Å²) < 4.78 is 2.16. The van der Waals surface area contributed by atoms with Crippen LogP contribution in [0.1, 0.15) is 27.2 Å². The number of nitrogens with one attached hydrogen (secondary N) is 1. The first-order valence-electron chi connectivity index (χ1n) is 6.33. The van der Waals surface area contributed by atoms with Crippen LogP contribution >= 0.6 is 0 Å². The number of nitrogens with two attached hydrogens (primary N) is 1. The first kappa shape index (κ1) is 15.4. The van der Waals surface area contributed by atoms with E-state index >= 15 is 0 Å². The maximum absolute atomic E-state index is 12.0. The van der Waals surface area contributed by atoms with Crippen molar-refractivity contribution in [3.05, 3.63) is 20.8 Å². The SMILES string of the molecule is CC(C)CC(C)(CN)Nc1nn(C)c(=O)n(C)c1=O. The summed E-state index contributed by atoms with van der Waals surface area (Å²) in [5.41, 5.74) is 4.48. The van der Waals surface area contributed by atoms with Crippen molar-refractivity contribution >= 4 is 5.82 Å². The predicted molar refractivity (Wildman–Crippen MR) is 75.3 cm³/mol. The van der Waals surface area contributed by atoms with Crippen LogP contribution in [0.25, 0.3) is 0 Å². The van der Waals surface area contributed by atoms with Gasteiger partial charge in [0.2, 0.25) is 5.82 Å². The van der Waals surface area contributed by atoms with Crippen LogP contribution in [0.15, 0.2) is 9.59 Å². The molecule has 0 amide bonds. The smallest absolute Gasteiger partial charge is 0.346 e. The molecule has 0 radical (unpaired) electrons. The normalized spacial score (nSPS) is 14.5. The zero-order valence-electron chi connectivity index (χ0n) is 12.2. The number of rotatable bonds is 5.